The lowest BCUT2D eigenvalue weighted by Crippen LogP contribution is -2.39. The van der Waals surface area contributed by atoms with Crippen molar-refractivity contribution in [3.8, 4) is 0 Å². The van der Waals surface area contributed by atoms with Crippen LogP contribution in [0, 0.1) is 0 Å². The fourth-order valence-corrected chi connectivity index (χ4v) is 1.93. The fraction of sp³-hybridized carbons (Fsp3) is 0.667. The molecule has 1 heterocycles. The van der Waals surface area contributed by atoms with Crippen LogP contribution in [0.4, 0.5) is 0 Å². The molecule has 0 amide bonds. The summed E-state index contributed by atoms with van der Waals surface area (Å²) in [5.74, 6) is 0.972. The number of hydrogen-bond donors (Lipinski definition) is 1. The van der Waals surface area contributed by atoms with Crippen molar-refractivity contribution in [2.75, 3.05) is 13.1 Å². The molecule has 1 unspecified atom stereocenters. The van der Waals surface area contributed by atoms with Crippen LogP contribution in [-0.2, 0) is 0 Å². The minimum Gasteiger partial charge on any atom is -0.468 e. The third-order valence-corrected chi connectivity index (χ3v) is 2.64. The van der Waals surface area contributed by atoms with Crippen LogP contribution in [0.2, 0.25) is 0 Å². The van der Waals surface area contributed by atoms with E-state index in [0.717, 1.165) is 18.7 Å². The predicted octanol–water partition coefficient (Wildman–Crippen LogP) is 2.40. The molecule has 1 aromatic rings. The largest absolute Gasteiger partial charge is 0.468 e. The maximum Gasteiger partial charge on any atom is 0.122 e. The lowest BCUT2D eigenvalue weighted by molar-refractivity contribution is 0.139. The number of furan rings is 1. The van der Waals surface area contributed by atoms with E-state index in [0.29, 0.717) is 12.6 Å². The highest BCUT2D eigenvalue weighted by Gasteiger charge is 2.22. The van der Waals surface area contributed by atoms with Gasteiger partial charge in [0.25, 0.3) is 0 Å². The summed E-state index contributed by atoms with van der Waals surface area (Å²) in [6.45, 7) is 8.24. The Morgan fingerprint density at radius 2 is 2.20 bits per heavy atom. The van der Waals surface area contributed by atoms with Crippen molar-refractivity contribution in [3.05, 3.63) is 24.2 Å². The molecule has 15 heavy (non-hydrogen) atoms. The summed E-state index contributed by atoms with van der Waals surface area (Å²) in [6.07, 6.45) is 2.85. The van der Waals surface area contributed by atoms with Crippen LogP contribution in [0.3, 0.4) is 0 Å². The molecule has 0 aliphatic heterocycles. The molecule has 1 aromatic heterocycles. The Balaban J connectivity index is 2.78. The van der Waals surface area contributed by atoms with Crippen molar-refractivity contribution in [1.82, 2.24) is 4.90 Å². The Bertz CT molecular complexity index is 257. The second-order valence-electron chi connectivity index (χ2n) is 4.10. The van der Waals surface area contributed by atoms with Crippen molar-refractivity contribution in [2.24, 2.45) is 5.73 Å². The van der Waals surface area contributed by atoms with Crippen LogP contribution < -0.4 is 5.73 Å². The first-order valence-corrected chi connectivity index (χ1v) is 5.69. The second-order valence-corrected chi connectivity index (χ2v) is 4.10. The molecule has 0 aliphatic carbocycles. The number of nitrogens with zero attached hydrogens (tertiary/aromatic N) is 1. The van der Waals surface area contributed by atoms with Crippen LogP contribution >= 0.6 is 0 Å². The first-order valence-electron chi connectivity index (χ1n) is 5.69. The molecule has 1 atom stereocenters. The molecule has 0 saturated heterocycles. The van der Waals surface area contributed by atoms with Gasteiger partial charge in [0.05, 0.1) is 12.3 Å². The van der Waals surface area contributed by atoms with Gasteiger partial charge in [-0.15, -0.1) is 0 Å². The van der Waals surface area contributed by atoms with E-state index in [4.69, 9.17) is 10.2 Å². The molecule has 0 radical (unpaired) electrons. The number of rotatable bonds is 6. The smallest absolute Gasteiger partial charge is 0.122 e. The Morgan fingerprint density at radius 1 is 1.47 bits per heavy atom. The fourth-order valence-electron chi connectivity index (χ4n) is 1.93. The first-order chi connectivity index (χ1) is 7.20. The zero-order valence-electron chi connectivity index (χ0n) is 9.94. The summed E-state index contributed by atoms with van der Waals surface area (Å²) >= 11 is 0. The number of hydrogen-bond acceptors (Lipinski definition) is 3. The van der Waals surface area contributed by atoms with Gasteiger partial charge >= 0.3 is 0 Å². The van der Waals surface area contributed by atoms with Gasteiger partial charge in [0.15, 0.2) is 0 Å². The van der Waals surface area contributed by atoms with E-state index >= 15 is 0 Å². The van der Waals surface area contributed by atoms with E-state index < -0.39 is 0 Å². The van der Waals surface area contributed by atoms with Gasteiger partial charge in [-0.3, -0.25) is 4.90 Å². The van der Waals surface area contributed by atoms with E-state index in [9.17, 15) is 0 Å². The average molecular weight is 210 g/mol. The van der Waals surface area contributed by atoms with Gasteiger partial charge in [-0.05, 0) is 38.9 Å². The van der Waals surface area contributed by atoms with E-state index in [2.05, 4.69) is 25.7 Å². The quantitative estimate of drug-likeness (QED) is 0.784. The molecule has 3 heteroatoms. The van der Waals surface area contributed by atoms with Gasteiger partial charge in [-0.1, -0.05) is 6.92 Å². The molecule has 2 N–H and O–H groups in total. The Kier molecular flexibility index (Phi) is 4.85. The summed E-state index contributed by atoms with van der Waals surface area (Å²) in [7, 11) is 0. The van der Waals surface area contributed by atoms with Crippen LogP contribution in [0.5, 0.6) is 0 Å². The summed E-state index contributed by atoms with van der Waals surface area (Å²) in [4.78, 5) is 2.39. The molecule has 1 rings (SSSR count). The minimum atomic E-state index is 0.208. The van der Waals surface area contributed by atoms with Crippen molar-refractivity contribution in [3.63, 3.8) is 0 Å². The highest BCUT2D eigenvalue weighted by molar-refractivity contribution is 5.05. The van der Waals surface area contributed by atoms with Crippen LogP contribution in [0.25, 0.3) is 0 Å². The maximum atomic E-state index is 5.83. The lowest BCUT2D eigenvalue weighted by atomic mass is 10.1. The lowest BCUT2D eigenvalue weighted by Gasteiger charge is -2.32. The van der Waals surface area contributed by atoms with E-state index in [1.807, 2.05) is 12.1 Å². The third kappa shape index (κ3) is 3.08. The van der Waals surface area contributed by atoms with Crippen LogP contribution in [0.15, 0.2) is 22.8 Å². The summed E-state index contributed by atoms with van der Waals surface area (Å²) < 4.78 is 5.44. The van der Waals surface area contributed by atoms with Crippen molar-refractivity contribution in [1.29, 1.82) is 0 Å². The van der Waals surface area contributed by atoms with Gasteiger partial charge < -0.3 is 10.2 Å². The third-order valence-electron chi connectivity index (χ3n) is 2.64. The predicted molar refractivity (Wildman–Crippen MR) is 62.6 cm³/mol. The molecule has 0 fully saturated rings. The monoisotopic (exact) mass is 210 g/mol. The molecule has 86 valence electrons. The van der Waals surface area contributed by atoms with Crippen LogP contribution in [-0.4, -0.2) is 24.0 Å². The Morgan fingerprint density at radius 3 is 2.60 bits per heavy atom. The Hall–Kier alpha value is -0.800. The summed E-state index contributed by atoms with van der Waals surface area (Å²) in [5.41, 5.74) is 5.83. The summed E-state index contributed by atoms with van der Waals surface area (Å²) in [6, 6.07) is 4.62. The van der Waals surface area contributed by atoms with Crippen molar-refractivity contribution in [2.45, 2.75) is 39.3 Å². The standard InChI is InChI=1S/C12H22N2O/c1-4-7-14(10(2)3)11(9-13)12-6-5-8-15-12/h5-6,8,10-11H,4,7,9,13H2,1-3H3. The molecular weight excluding hydrogens is 188 g/mol. The van der Waals surface area contributed by atoms with Gasteiger partial charge in [0.2, 0.25) is 0 Å². The maximum absolute atomic E-state index is 5.83. The topological polar surface area (TPSA) is 42.4 Å². The van der Waals surface area contributed by atoms with Gasteiger partial charge in [0.1, 0.15) is 5.76 Å². The van der Waals surface area contributed by atoms with Gasteiger partial charge in [-0.25, -0.2) is 0 Å². The highest BCUT2D eigenvalue weighted by Crippen LogP contribution is 2.22. The van der Waals surface area contributed by atoms with E-state index in [1.54, 1.807) is 6.26 Å². The SMILES string of the molecule is CCCN(C(C)C)C(CN)c1ccco1. The summed E-state index contributed by atoms with van der Waals surface area (Å²) in [5, 5.41) is 0. The molecule has 3 nitrogen and oxygen atoms in total. The van der Waals surface area contributed by atoms with Crippen molar-refractivity contribution < 1.29 is 4.42 Å². The molecular formula is C12H22N2O. The minimum absolute atomic E-state index is 0.208. The van der Waals surface area contributed by atoms with Gasteiger partial charge in [-0.2, -0.15) is 0 Å². The highest BCUT2D eigenvalue weighted by atomic mass is 16.3. The molecule has 0 saturated carbocycles. The van der Waals surface area contributed by atoms with Gasteiger partial charge in [0, 0.05) is 12.6 Å². The number of nitrogens with two attached hydrogens (primary N) is 1. The Labute approximate surface area is 92.2 Å². The van der Waals surface area contributed by atoms with E-state index in [1.165, 1.54) is 0 Å². The second kappa shape index (κ2) is 5.93. The van der Waals surface area contributed by atoms with Crippen LogP contribution in [0.1, 0.15) is 39.0 Å². The molecule has 0 aliphatic rings. The van der Waals surface area contributed by atoms with Crippen molar-refractivity contribution >= 4 is 0 Å². The van der Waals surface area contributed by atoms with E-state index in [-0.39, 0.29) is 6.04 Å². The normalized spacial score (nSPS) is 13.7. The zero-order valence-corrected chi connectivity index (χ0v) is 9.94. The zero-order chi connectivity index (χ0) is 11.3. The first kappa shape index (κ1) is 12.3. The average Bonchev–Trinajstić information content (AvgIpc) is 2.71. The molecule has 0 aromatic carbocycles. The molecule has 0 spiro atoms. The molecule has 0 bridgehead atoms.